The summed E-state index contributed by atoms with van der Waals surface area (Å²) in [5.74, 6) is -0.416. The van der Waals surface area contributed by atoms with Crippen molar-refractivity contribution in [3.63, 3.8) is 0 Å². The summed E-state index contributed by atoms with van der Waals surface area (Å²) < 4.78 is 0. The predicted molar refractivity (Wildman–Crippen MR) is 67.5 cm³/mol. The van der Waals surface area contributed by atoms with Crippen molar-refractivity contribution in [3.05, 3.63) is 28.7 Å². The van der Waals surface area contributed by atoms with Crippen molar-refractivity contribution in [2.45, 2.75) is 0 Å². The predicted octanol–water partition coefficient (Wildman–Crippen LogP) is 0.0836. The summed E-state index contributed by atoms with van der Waals surface area (Å²) in [6.07, 6.45) is 0. The molecule has 0 saturated heterocycles. The standard InChI is InChI=1S/C10H9N7O/c11-4-8(9(12)13)17-16-5-1-2-6-7(3-5)15-10(18)14-6/h1-3,16H,(H3,12,13)(H2,14,15,18)/b17-8+. The van der Waals surface area contributed by atoms with E-state index in [2.05, 4.69) is 20.5 Å². The average Bonchev–Trinajstić information content (AvgIpc) is 2.68. The van der Waals surface area contributed by atoms with Gasteiger partial charge in [0.1, 0.15) is 6.07 Å². The number of amidine groups is 1. The van der Waals surface area contributed by atoms with Crippen LogP contribution in [0.15, 0.2) is 28.1 Å². The van der Waals surface area contributed by atoms with Gasteiger partial charge in [0, 0.05) is 0 Å². The number of imidazole rings is 1. The number of benzene rings is 1. The van der Waals surface area contributed by atoms with Crippen LogP contribution in [0.5, 0.6) is 0 Å². The first-order valence-electron chi connectivity index (χ1n) is 4.90. The third-order valence-electron chi connectivity index (χ3n) is 2.17. The zero-order valence-corrected chi connectivity index (χ0v) is 9.11. The van der Waals surface area contributed by atoms with Gasteiger partial charge >= 0.3 is 5.69 Å². The molecule has 0 bridgehead atoms. The molecule has 2 aromatic rings. The fourth-order valence-corrected chi connectivity index (χ4v) is 1.37. The normalized spacial score (nSPS) is 11.2. The molecule has 0 amide bonds. The van der Waals surface area contributed by atoms with E-state index < -0.39 is 5.84 Å². The first-order valence-corrected chi connectivity index (χ1v) is 4.90. The minimum atomic E-state index is -0.416. The van der Waals surface area contributed by atoms with E-state index in [1.807, 2.05) is 0 Å². The number of H-pyrrole nitrogens is 2. The molecule has 18 heavy (non-hydrogen) atoms. The Morgan fingerprint density at radius 2 is 2.17 bits per heavy atom. The molecule has 8 heteroatoms. The van der Waals surface area contributed by atoms with Gasteiger partial charge in [-0.05, 0) is 18.2 Å². The molecule has 6 N–H and O–H groups in total. The molecule has 0 radical (unpaired) electrons. The Bertz CT molecular complexity index is 730. The number of rotatable bonds is 3. The second-order valence-corrected chi connectivity index (χ2v) is 3.44. The van der Waals surface area contributed by atoms with Gasteiger partial charge in [-0.2, -0.15) is 10.4 Å². The minimum absolute atomic E-state index is 0.211. The van der Waals surface area contributed by atoms with Crippen LogP contribution < -0.4 is 16.8 Å². The SMILES string of the molecule is N#C/C(=N\Nc1ccc2[nH]c(=O)[nH]c2c1)C(=N)N. The topological polar surface area (TPSA) is 147 Å². The molecule has 1 heterocycles. The third-order valence-corrected chi connectivity index (χ3v) is 2.17. The van der Waals surface area contributed by atoms with E-state index >= 15 is 0 Å². The van der Waals surface area contributed by atoms with Gasteiger partial charge in [-0.25, -0.2) is 4.79 Å². The first-order chi connectivity index (χ1) is 8.60. The Morgan fingerprint density at radius 1 is 1.44 bits per heavy atom. The molecule has 0 atom stereocenters. The van der Waals surface area contributed by atoms with Crippen LogP contribution in [0.25, 0.3) is 11.0 Å². The summed E-state index contributed by atoms with van der Waals surface area (Å²) in [6.45, 7) is 0. The maximum atomic E-state index is 11.1. The highest BCUT2D eigenvalue weighted by atomic mass is 16.1. The smallest absolute Gasteiger partial charge is 0.323 e. The highest BCUT2D eigenvalue weighted by Crippen LogP contribution is 2.14. The second kappa shape index (κ2) is 4.42. The van der Waals surface area contributed by atoms with Gasteiger partial charge in [-0.3, -0.25) is 10.8 Å². The highest BCUT2D eigenvalue weighted by molar-refractivity contribution is 6.45. The molecule has 1 aromatic carbocycles. The Hall–Kier alpha value is -3.08. The Morgan fingerprint density at radius 3 is 2.83 bits per heavy atom. The lowest BCUT2D eigenvalue weighted by Gasteiger charge is -2.00. The lowest BCUT2D eigenvalue weighted by atomic mass is 10.3. The van der Waals surface area contributed by atoms with Crippen LogP contribution in [0, 0.1) is 16.7 Å². The molecule has 90 valence electrons. The number of anilines is 1. The van der Waals surface area contributed by atoms with Crippen LogP contribution in [0.3, 0.4) is 0 Å². The summed E-state index contributed by atoms with van der Waals surface area (Å²) in [5, 5.41) is 19.4. The second-order valence-electron chi connectivity index (χ2n) is 3.44. The number of fused-ring (bicyclic) bond motifs is 1. The minimum Gasteiger partial charge on any atom is -0.382 e. The third kappa shape index (κ3) is 2.19. The zero-order valence-electron chi connectivity index (χ0n) is 9.11. The molecule has 2 rings (SSSR count). The van der Waals surface area contributed by atoms with Crippen molar-refractivity contribution >= 4 is 28.3 Å². The lowest BCUT2D eigenvalue weighted by Crippen LogP contribution is -2.21. The molecule has 0 aliphatic carbocycles. The number of hydrogen-bond donors (Lipinski definition) is 5. The Labute approximate surface area is 101 Å². The van der Waals surface area contributed by atoms with E-state index in [9.17, 15) is 4.79 Å². The van der Waals surface area contributed by atoms with Gasteiger partial charge in [0.2, 0.25) is 5.71 Å². The fourth-order valence-electron chi connectivity index (χ4n) is 1.37. The molecule has 0 spiro atoms. The van der Waals surface area contributed by atoms with E-state index in [-0.39, 0.29) is 11.4 Å². The zero-order chi connectivity index (χ0) is 13.1. The molecule has 0 unspecified atom stereocenters. The summed E-state index contributed by atoms with van der Waals surface area (Å²) in [7, 11) is 0. The number of aromatic nitrogens is 2. The van der Waals surface area contributed by atoms with E-state index in [1.54, 1.807) is 24.3 Å². The molecule has 0 aliphatic rings. The maximum absolute atomic E-state index is 11.1. The summed E-state index contributed by atoms with van der Waals surface area (Å²) in [6, 6.07) is 6.69. The van der Waals surface area contributed by atoms with Gasteiger partial charge in [0.25, 0.3) is 0 Å². The quantitative estimate of drug-likeness (QED) is 0.295. The molecular weight excluding hydrogens is 234 g/mol. The average molecular weight is 243 g/mol. The van der Waals surface area contributed by atoms with E-state index in [0.717, 1.165) is 0 Å². The molecule has 0 saturated carbocycles. The maximum Gasteiger partial charge on any atom is 0.323 e. The van der Waals surface area contributed by atoms with Crippen LogP contribution in [-0.4, -0.2) is 21.5 Å². The molecule has 8 nitrogen and oxygen atoms in total. The number of nitrogens with one attached hydrogen (secondary N) is 4. The van der Waals surface area contributed by atoms with Crippen molar-refractivity contribution in [1.82, 2.24) is 9.97 Å². The van der Waals surface area contributed by atoms with E-state index in [4.69, 9.17) is 16.4 Å². The molecule has 1 aromatic heterocycles. The van der Waals surface area contributed by atoms with E-state index in [1.165, 1.54) is 0 Å². The van der Waals surface area contributed by atoms with Crippen LogP contribution >= 0.6 is 0 Å². The Kier molecular flexibility index (Phi) is 2.80. The van der Waals surface area contributed by atoms with Crippen LogP contribution in [0.4, 0.5) is 5.69 Å². The van der Waals surface area contributed by atoms with Crippen molar-refractivity contribution in [2.24, 2.45) is 10.8 Å². The van der Waals surface area contributed by atoms with Crippen molar-refractivity contribution < 1.29 is 0 Å². The van der Waals surface area contributed by atoms with Crippen LogP contribution in [0.1, 0.15) is 0 Å². The van der Waals surface area contributed by atoms with Crippen molar-refractivity contribution in [3.8, 4) is 6.07 Å². The Balaban J connectivity index is 2.30. The van der Waals surface area contributed by atoms with Gasteiger partial charge in [-0.15, -0.1) is 0 Å². The number of aromatic amines is 2. The van der Waals surface area contributed by atoms with Gasteiger partial charge in [-0.1, -0.05) is 0 Å². The monoisotopic (exact) mass is 243 g/mol. The van der Waals surface area contributed by atoms with Crippen LogP contribution in [-0.2, 0) is 0 Å². The highest BCUT2D eigenvalue weighted by Gasteiger charge is 2.02. The number of hydrogen-bond acceptors (Lipinski definition) is 5. The number of nitrogens with two attached hydrogens (primary N) is 1. The van der Waals surface area contributed by atoms with Crippen molar-refractivity contribution in [2.75, 3.05) is 5.43 Å². The largest absolute Gasteiger partial charge is 0.382 e. The summed E-state index contributed by atoms with van der Waals surface area (Å²) >= 11 is 0. The molecule has 0 aliphatic heterocycles. The molecule has 0 fully saturated rings. The summed E-state index contributed by atoms with van der Waals surface area (Å²) in [4.78, 5) is 16.2. The number of nitrogens with zero attached hydrogens (tertiary/aromatic N) is 2. The van der Waals surface area contributed by atoms with Gasteiger partial charge < -0.3 is 15.7 Å². The van der Waals surface area contributed by atoms with Gasteiger partial charge in [0.05, 0.1) is 16.7 Å². The lowest BCUT2D eigenvalue weighted by molar-refractivity contribution is 1.21. The number of hydrazone groups is 1. The number of nitriles is 1. The van der Waals surface area contributed by atoms with E-state index in [0.29, 0.717) is 16.7 Å². The van der Waals surface area contributed by atoms with Crippen LogP contribution in [0.2, 0.25) is 0 Å². The first kappa shape index (κ1) is 11.4. The van der Waals surface area contributed by atoms with Crippen molar-refractivity contribution in [1.29, 1.82) is 10.7 Å². The van der Waals surface area contributed by atoms with Gasteiger partial charge in [0.15, 0.2) is 5.84 Å². The molecular formula is C10H9N7O. The fraction of sp³-hybridized carbons (Fsp3) is 0. The summed E-state index contributed by atoms with van der Waals surface area (Å²) in [5.41, 5.74) is 9.06.